The van der Waals surface area contributed by atoms with Gasteiger partial charge < -0.3 is 15.0 Å². The number of rotatable bonds is 6. The number of amides is 2. The Bertz CT molecular complexity index is 1070. The molecule has 0 bridgehead atoms. The highest BCUT2D eigenvalue weighted by atomic mass is 35.5. The third-order valence-corrected chi connectivity index (χ3v) is 5.37. The summed E-state index contributed by atoms with van der Waals surface area (Å²) < 4.78 is 5.05. The van der Waals surface area contributed by atoms with Gasteiger partial charge in [-0.15, -0.1) is 0 Å². The number of carbonyl (C=O) groups is 3. The third kappa shape index (κ3) is 5.18. The molecule has 1 atom stereocenters. The van der Waals surface area contributed by atoms with Gasteiger partial charge in [0, 0.05) is 41.0 Å². The molecular weight excluding hydrogens is 426 g/mol. The summed E-state index contributed by atoms with van der Waals surface area (Å²) in [5.74, 6) is -2.25. The van der Waals surface area contributed by atoms with Crippen LogP contribution in [0.25, 0.3) is 0 Å². The summed E-state index contributed by atoms with van der Waals surface area (Å²) in [5.41, 5.74) is 2.01. The van der Waals surface area contributed by atoms with Gasteiger partial charge in [-0.05, 0) is 37.6 Å². The highest BCUT2D eigenvalue weighted by Gasteiger charge is 2.36. The summed E-state index contributed by atoms with van der Waals surface area (Å²) in [5, 5.41) is 14.0. The van der Waals surface area contributed by atoms with Crippen LogP contribution in [0, 0.1) is 29.9 Å². The van der Waals surface area contributed by atoms with Crippen LogP contribution in [0.2, 0.25) is 5.02 Å². The van der Waals surface area contributed by atoms with E-state index in [4.69, 9.17) is 16.3 Å². The third-order valence-electron chi connectivity index (χ3n) is 4.96. The Morgan fingerprint density at radius 2 is 1.94 bits per heavy atom. The molecular formula is C21H20ClN3O6. The fourth-order valence-corrected chi connectivity index (χ4v) is 3.37. The number of aryl methyl sites for hydroxylation is 2. The quantitative estimate of drug-likeness (QED) is 0.413. The van der Waals surface area contributed by atoms with Gasteiger partial charge in [-0.3, -0.25) is 24.5 Å². The van der Waals surface area contributed by atoms with Crippen molar-refractivity contribution in [3.8, 4) is 0 Å². The lowest BCUT2D eigenvalue weighted by atomic mass is 10.1. The normalized spacial score (nSPS) is 15.6. The summed E-state index contributed by atoms with van der Waals surface area (Å²) >= 11 is 6.11. The van der Waals surface area contributed by atoms with Gasteiger partial charge in [0.1, 0.15) is 0 Å². The van der Waals surface area contributed by atoms with Crippen LogP contribution in [0.4, 0.5) is 17.1 Å². The molecule has 10 heteroatoms. The summed E-state index contributed by atoms with van der Waals surface area (Å²) in [7, 11) is 0. The average molecular weight is 446 g/mol. The molecule has 3 rings (SSSR count). The van der Waals surface area contributed by atoms with Crippen LogP contribution >= 0.6 is 11.6 Å². The highest BCUT2D eigenvalue weighted by Crippen LogP contribution is 2.29. The molecule has 1 N–H and O–H groups in total. The molecule has 1 aliphatic rings. The second kappa shape index (κ2) is 9.13. The van der Waals surface area contributed by atoms with E-state index < -0.39 is 29.3 Å². The molecule has 1 heterocycles. The fourth-order valence-electron chi connectivity index (χ4n) is 3.20. The first-order chi connectivity index (χ1) is 14.7. The predicted molar refractivity (Wildman–Crippen MR) is 114 cm³/mol. The van der Waals surface area contributed by atoms with E-state index in [0.717, 1.165) is 5.56 Å². The van der Waals surface area contributed by atoms with Gasteiger partial charge >= 0.3 is 5.97 Å². The zero-order chi connectivity index (χ0) is 22.7. The van der Waals surface area contributed by atoms with E-state index in [2.05, 4.69) is 5.32 Å². The van der Waals surface area contributed by atoms with Crippen molar-refractivity contribution >= 4 is 46.4 Å². The van der Waals surface area contributed by atoms with Gasteiger partial charge in [0.15, 0.2) is 6.61 Å². The van der Waals surface area contributed by atoms with Gasteiger partial charge in [0.25, 0.3) is 11.6 Å². The molecule has 0 unspecified atom stereocenters. The molecule has 2 aromatic rings. The molecule has 0 saturated carbocycles. The van der Waals surface area contributed by atoms with E-state index in [1.54, 1.807) is 25.1 Å². The molecule has 2 amide bonds. The largest absolute Gasteiger partial charge is 0.455 e. The number of hydrogen-bond acceptors (Lipinski definition) is 6. The monoisotopic (exact) mass is 445 g/mol. The van der Waals surface area contributed by atoms with Crippen molar-refractivity contribution in [2.24, 2.45) is 5.92 Å². The Kier molecular flexibility index (Phi) is 6.55. The van der Waals surface area contributed by atoms with E-state index in [1.807, 2.05) is 6.92 Å². The van der Waals surface area contributed by atoms with Crippen LogP contribution in [-0.2, 0) is 19.1 Å². The number of halogens is 1. The van der Waals surface area contributed by atoms with Gasteiger partial charge in [0.2, 0.25) is 5.91 Å². The average Bonchev–Trinajstić information content (AvgIpc) is 3.11. The Labute approximate surface area is 183 Å². The number of nitrogens with zero attached hydrogens (tertiary/aromatic N) is 2. The molecule has 0 radical (unpaired) electrons. The number of carbonyl (C=O) groups excluding carboxylic acids is 3. The zero-order valence-corrected chi connectivity index (χ0v) is 17.6. The Morgan fingerprint density at radius 3 is 2.61 bits per heavy atom. The number of anilines is 2. The van der Waals surface area contributed by atoms with Crippen molar-refractivity contribution in [2.75, 3.05) is 23.4 Å². The van der Waals surface area contributed by atoms with Crippen LogP contribution in [-0.4, -0.2) is 35.9 Å². The van der Waals surface area contributed by atoms with Crippen molar-refractivity contribution in [2.45, 2.75) is 20.3 Å². The van der Waals surface area contributed by atoms with Crippen molar-refractivity contribution in [1.82, 2.24) is 0 Å². The van der Waals surface area contributed by atoms with Crippen LogP contribution < -0.4 is 10.2 Å². The number of esters is 1. The Hall–Kier alpha value is -3.46. The number of ether oxygens (including phenoxy) is 1. The van der Waals surface area contributed by atoms with Crippen molar-refractivity contribution in [3.63, 3.8) is 0 Å². The van der Waals surface area contributed by atoms with Crippen molar-refractivity contribution < 1.29 is 24.0 Å². The molecule has 31 heavy (non-hydrogen) atoms. The second-order valence-electron chi connectivity index (χ2n) is 7.25. The standard InChI is InChI=1S/C21H20ClN3O6/c1-12-4-6-16(9-17(12)22)24-10-14(7-20(24)27)21(28)31-11-19(26)23-15-5-3-13(2)18(8-15)25(29)30/h3-6,8-9,14H,7,10-11H2,1-2H3,(H,23,26)/t14-/m1/s1. The molecule has 0 aliphatic carbocycles. The van der Waals surface area contributed by atoms with Crippen LogP contribution in [0.1, 0.15) is 17.5 Å². The predicted octanol–water partition coefficient (Wildman–Crippen LogP) is 3.40. The smallest absolute Gasteiger partial charge is 0.311 e. The number of benzene rings is 2. The Morgan fingerprint density at radius 1 is 1.23 bits per heavy atom. The van der Waals surface area contributed by atoms with Crippen LogP contribution in [0.5, 0.6) is 0 Å². The Balaban J connectivity index is 1.55. The van der Waals surface area contributed by atoms with Crippen LogP contribution in [0.3, 0.4) is 0 Å². The number of nitro benzene ring substituents is 1. The first-order valence-corrected chi connectivity index (χ1v) is 9.81. The topological polar surface area (TPSA) is 119 Å². The molecule has 9 nitrogen and oxygen atoms in total. The highest BCUT2D eigenvalue weighted by molar-refractivity contribution is 6.31. The molecule has 2 aromatic carbocycles. The van der Waals surface area contributed by atoms with Crippen LogP contribution in [0.15, 0.2) is 36.4 Å². The number of hydrogen-bond donors (Lipinski definition) is 1. The molecule has 0 aromatic heterocycles. The minimum atomic E-state index is -0.708. The second-order valence-corrected chi connectivity index (χ2v) is 7.66. The number of nitrogens with one attached hydrogen (secondary N) is 1. The molecule has 162 valence electrons. The summed E-state index contributed by atoms with van der Waals surface area (Å²) in [6.07, 6.45) is -0.0316. The lowest BCUT2D eigenvalue weighted by molar-refractivity contribution is -0.385. The van der Waals surface area contributed by atoms with Crippen molar-refractivity contribution in [3.05, 3.63) is 62.7 Å². The van der Waals surface area contributed by atoms with E-state index >= 15 is 0 Å². The van der Waals surface area contributed by atoms with Gasteiger partial charge in [-0.25, -0.2) is 0 Å². The maximum absolute atomic E-state index is 12.3. The molecule has 0 spiro atoms. The minimum absolute atomic E-state index is 0.0316. The first kappa shape index (κ1) is 22.2. The van der Waals surface area contributed by atoms with E-state index in [9.17, 15) is 24.5 Å². The lowest BCUT2D eigenvalue weighted by Gasteiger charge is -2.17. The van der Waals surface area contributed by atoms with E-state index in [0.29, 0.717) is 16.3 Å². The summed E-state index contributed by atoms with van der Waals surface area (Å²) in [4.78, 5) is 48.6. The number of nitro groups is 1. The van der Waals surface area contributed by atoms with E-state index in [1.165, 1.54) is 23.1 Å². The fraction of sp³-hybridized carbons (Fsp3) is 0.286. The lowest BCUT2D eigenvalue weighted by Crippen LogP contribution is -2.28. The minimum Gasteiger partial charge on any atom is -0.455 e. The van der Waals surface area contributed by atoms with E-state index in [-0.39, 0.29) is 30.2 Å². The van der Waals surface area contributed by atoms with Gasteiger partial charge in [-0.2, -0.15) is 0 Å². The maximum Gasteiger partial charge on any atom is 0.311 e. The SMILES string of the molecule is Cc1ccc(N2C[C@H](C(=O)OCC(=O)Nc3ccc(C)c([N+](=O)[O-])c3)CC2=O)cc1Cl. The molecule has 1 saturated heterocycles. The van der Waals surface area contributed by atoms with Gasteiger partial charge in [-0.1, -0.05) is 23.7 Å². The van der Waals surface area contributed by atoms with Gasteiger partial charge in [0.05, 0.1) is 10.8 Å². The molecule has 1 aliphatic heterocycles. The molecule has 1 fully saturated rings. The summed E-state index contributed by atoms with van der Waals surface area (Å²) in [6, 6.07) is 9.46. The summed E-state index contributed by atoms with van der Waals surface area (Å²) in [6.45, 7) is 2.99. The van der Waals surface area contributed by atoms with Crippen molar-refractivity contribution in [1.29, 1.82) is 0 Å². The zero-order valence-electron chi connectivity index (χ0n) is 16.9. The maximum atomic E-state index is 12.3. The first-order valence-electron chi connectivity index (χ1n) is 9.43.